The van der Waals surface area contributed by atoms with Crippen LogP contribution in [-0.2, 0) is 4.79 Å². The standard InChI is InChI=1S/C23H26N6O5/c1-11(2)17(23(32)33)26-21(31)19-27-18(28-29-19)14-5-4-6-15(9-14)22-24-10-16(34-22)20(30)25-12(3)13-7-8-13/h4-6,9-13,17H,7-8H2,1-3H3,(H,25,30)(H,26,31)(H,32,33)(H,27,28,29)/t12-,17?/m0/s1. The predicted molar refractivity (Wildman–Crippen MR) is 121 cm³/mol. The monoisotopic (exact) mass is 466 g/mol. The second-order valence-corrected chi connectivity index (χ2v) is 8.77. The molecule has 178 valence electrons. The number of carbonyl (C=O) groups is 3. The van der Waals surface area contributed by atoms with Crippen LogP contribution in [-0.4, -0.2) is 55.1 Å². The number of aliphatic carboxylic acids is 1. The number of oxazole rings is 1. The number of amides is 2. The van der Waals surface area contributed by atoms with Crippen LogP contribution in [0.3, 0.4) is 0 Å². The number of carboxylic acid groups (broad SMARTS) is 1. The number of hydrogen-bond acceptors (Lipinski definition) is 7. The lowest BCUT2D eigenvalue weighted by Crippen LogP contribution is -2.44. The molecule has 3 aromatic rings. The zero-order chi connectivity index (χ0) is 24.4. The Labute approximate surface area is 195 Å². The molecule has 2 aromatic heterocycles. The molecule has 34 heavy (non-hydrogen) atoms. The molecule has 4 N–H and O–H groups in total. The van der Waals surface area contributed by atoms with Gasteiger partial charge in [-0.3, -0.25) is 9.59 Å². The van der Waals surface area contributed by atoms with Gasteiger partial charge in [0, 0.05) is 17.2 Å². The molecule has 4 rings (SSSR count). The Morgan fingerprint density at radius 2 is 1.82 bits per heavy atom. The topological polar surface area (TPSA) is 163 Å². The van der Waals surface area contributed by atoms with Crippen molar-refractivity contribution >= 4 is 17.8 Å². The van der Waals surface area contributed by atoms with E-state index in [9.17, 15) is 19.5 Å². The maximum absolute atomic E-state index is 12.4. The van der Waals surface area contributed by atoms with Crippen molar-refractivity contribution in [1.29, 1.82) is 0 Å². The number of H-pyrrole nitrogens is 1. The Bertz CT molecular complexity index is 1210. The van der Waals surface area contributed by atoms with Crippen molar-refractivity contribution < 1.29 is 23.9 Å². The number of carboxylic acids is 1. The third-order valence-electron chi connectivity index (χ3n) is 5.72. The molecule has 2 atom stereocenters. The van der Waals surface area contributed by atoms with Crippen molar-refractivity contribution in [3.05, 3.63) is 42.0 Å². The van der Waals surface area contributed by atoms with Crippen molar-refractivity contribution in [2.45, 2.75) is 45.7 Å². The summed E-state index contributed by atoms with van der Waals surface area (Å²) >= 11 is 0. The van der Waals surface area contributed by atoms with Gasteiger partial charge in [0.05, 0.1) is 6.20 Å². The summed E-state index contributed by atoms with van der Waals surface area (Å²) in [6, 6.07) is 6.06. The first-order chi connectivity index (χ1) is 16.2. The van der Waals surface area contributed by atoms with E-state index in [1.165, 1.54) is 6.20 Å². The highest BCUT2D eigenvalue weighted by atomic mass is 16.4. The number of nitrogens with zero attached hydrogens (tertiary/aromatic N) is 3. The predicted octanol–water partition coefficient (Wildman–Crippen LogP) is 2.49. The highest BCUT2D eigenvalue weighted by Crippen LogP contribution is 2.32. The van der Waals surface area contributed by atoms with Gasteiger partial charge in [0.15, 0.2) is 5.82 Å². The van der Waals surface area contributed by atoms with Gasteiger partial charge in [0.1, 0.15) is 6.04 Å². The van der Waals surface area contributed by atoms with E-state index in [0.29, 0.717) is 22.9 Å². The lowest BCUT2D eigenvalue weighted by molar-refractivity contribution is -0.140. The van der Waals surface area contributed by atoms with Crippen LogP contribution >= 0.6 is 0 Å². The average Bonchev–Trinajstić information content (AvgIpc) is 3.33. The molecule has 0 spiro atoms. The quantitative estimate of drug-likeness (QED) is 0.374. The first-order valence-corrected chi connectivity index (χ1v) is 11.1. The SMILES string of the molecule is CC(C)C(NC(=O)c1nnc(-c2cccc(-c3ncc(C(=O)N[C@@H](C)C4CC4)o3)c2)[nH]1)C(=O)O. The maximum atomic E-state index is 12.4. The lowest BCUT2D eigenvalue weighted by Gasteiger charge is -2.16. The maximum Gasteiger partial charge on any atom is 0.326 e. The van der Waals surface area contributed by atoms with E-state index in [0.717, 1.165) is 12.8 Å². The molecule has 1 saturated carbocycles. The summed E-state index contributed by atoms with van der Waals surface area (Å²) in [4.78, 5) is 43.2. The fourth-order valence-electron chi connectivity index (χ4n) is 3.52. The minimum Gasteiger partial charge on any atom is -0.480 e. The lowest BCUT2D eigenvalue weighted by atomic mass is 10.0. The summed E-state index contributed by atoms with van der Waals surface area (Å²) in [5.74, 6) is -1.27. The normalized spacial score (nSPS) is 15.1. The average molecular weight is 466 g/mol. The summed E-state index contributed by atoms with van der Waals surface area (Å²) < 4.78 is 5.67. The third kappa shape index (κ3) is 5.13. The Hall–Kier alpha value is -4.02. The second kappa shape index (κ2) is 9.46. The molecule has 1 aromatic carbocycles. The van der Waals surface area contributed by atoms with Gasteiger partial charge >= 0.3 is 5.97 Å². The number of benzene rings is 1. The van der Waals surface area contributed by atoms with E-state index in [-0.39, 0.29) is 35.3 Å². The highest BCUT2D eigenvalue weighted by molar-refractivity contribution is 5.94. The first-order valence-electron chi connectivity index (χ1n) is 11.1. The van der Waals surface area contributed by atoms with E-state index in [1.807, 2.05) is 6.92 Å². The Kier molecular flexibility index (Phi) is 6.44. The van der Waals surface area contributed by atoms with Gasteiger partial charge < -0.3 is 25.1 Å². The largest absolute Gasteiger partial charge is 0.480 e. The zero-order valence-electron chi connectivity index (χ0n) is 19.0. The van der Waals surface area contributed by atoms with Crippen LogP contribution in [0.15, 0.2) is 34.9 Å². The molecule has 0 bridgehead atoms. The molecular weight excluding hydrogens is 440 g/mol. The Morgan fingerprint density at radius 3 is 2.50 bits per heavy atom. The summed E-state index contributed by atoms with van der Waals surface area (Å²) in [7, 11) is 0. The molecular formula is C23H26N6O5. The van der Waals surface area contributed by atoms with Crippen molar-refractivity contribution in [3.8, 4) is 22.8 Å². The molecule has 2 amide bonds. The van der Waals surface area contributed by atoms with E-state index in [2.05, 4.69) is 30.8 Å². The Balaban J connectivity index is 1.48. The van der Waals surface area contributed by atoms with Gasteiger partial charge in [-0.25, -0.2) is 9.78 Å². The summed E-state index contributed by atoms with van der Waals surface area (Å²) in [5.41, 5.74) is 1.22. The molecule has 11 nitrogen and oxygen atoms in total. The molecule has 11 heteroatoms. The third-order valence-corrected chi connectivity index (χ3v) is 5.72. The van der Waals surface area contributed by atoms with Gasteiger partial charge in [-0.05, 0) is 43.7 Å². The van der Waals surface area contributed by atoms with Gasteiger partial charge in [0.25, 0.3) is 11.8 Å². The van der Waals surface area contributed by atoms with Crippen molar-refractivity contribution in [2.75, 3.05) is 0 Å². The molecule has 1 aliphatic carbocycles. The number of hydrogen-bond donors (Lipinski definition) is 4. The molecule has 2 heterocycles. The van der Waals surface area contributed by atoms with Crippen LogP contribution in [0.25, 0.3) is 22.8 Å². The van der Waals surface area contributed by atoms with Gasteiger partial charge in [-0.2, -0.15) is 0 Å². The van der Waals surface area contributed by atoms with Gasteiger partial charge in [-0.1, -0.05) is 26.0 Å². The number of aromatic amines is 1. The Morgan fingerprint density at radius 1 is 1.09 bits per heavy atom. The minimum absolute atomic E-state index is 0.0912. The minimum atomic E-state index is -1.13. The molecule has 1 unspecified atom stereocenters. The fraction of sp³-hybridized carbons (Fsp3) is 0.391. The van der Waals surface area contributed by atoms with E-state index < -0.39 is 17.9 Å². The number of nitrogens with one attached hydrogen (secondary N) is 3. The zero-order valence-corrected chi connectivity index (χ0v) is 19.0. The number of carbonyl (C=O) groups excluding carboxylic acids is 2. The van der Waals surface area contributed by atoms with Crippen LogP contribution in [0, 0.1) is 11.8 Å². The summed E-state index contributed by atoms with van der Waals surface area (Å²) in [5, 5.41) is 22.5. The fourth-order valence-corrected chi connectivity index (χ4v) is 3.52. The van der Waals surface area contributed by atoms with Crippen molar-refractivity contribution in [2.24, 2.45) is 11.8 Å². The van der Waals surface area contributed by atoms with Gasteiger partial charge in [0.2, 0.25) is 17.5 Å². The van der Waals surface area contributed by atoms with Crippen LogP contribution in [0.5, 0.6) is 0 Å². The first kappa shape index (κ1) is 23.1. The summed E-state index contributed by atoms with van der Waals surface area (Å²) in [6.07, 6.45) is 3.64. The van der Waals surface area contributed by atoms with Crippen LogP contribution in [0.1, 0.15) is 54.8 Å². The van der Waals surface area contributed by atoms with E-state index >= 15 is 0 Å². The highest BCUT2D eigenvalue weighted by Gasteiger charge is 2.30. The molecule has 1 aliphatic rings. The molecule has 0 aliphatic heterocycles. The van der Waals surface area contributed by atoms with E-state index in [4.69, 9.17) is 4.42 Å². The smallest absolute Gasteiger partial charge is 0.326 e. The van der Waals surface area contributed by atoms with Crippen molar-refractivity contribution in [1.82, 2.24) is 30.8 Å². The second-order valence-electron chi connectivity index (χ2n) is 8.77. The van der Waals surface area contributed by atoms with Crippen LogP contribution < -0.4 is 10.6 Å². The molecule has 0 saturated heterocycles. The van der Waals surface area contributed by atoms with E-state index in [1.54, 1.807) is 38.1 Å². The van der Waals surface area contributed by atoms with Crippen LogP contribution in [0.4, 0.5) is 0 Å². The van der Waals surface area contributed by atoms with Crippen LogP contribution in [0.2, 0.25) is 0 Å². The number of aromatic nitrogens is 4. The van der Waals surface area contributed by atoms with Crippen molar-refractivity contribution in [3.63, 3.8) is 0 Å². The number of rotatable bonds is 9. The van der Waals surface area contributed by atoms with Gasteiger partial charge in [-0.15, -0.1) is 10.2 Å². The molecule has 1 fully saturated rings. The molecule has 0 radical (unpaired) electrons. The summed E-state index contributed by atoms with van der Waals surface area (Å²) in [6.45, 7) is 5.37.